The van der Waals surface area contributed by atoms with Crippen molar-refractivity contribution in [2.45, 2.75) is 19.4 Å². The monoisotopic (exact) mass is 275 g/mol. The highest BCUT2D eigenvalue weighted by molar-refractivity contribution is 7.07. The van der Waals surface area contributed by atoms with Crippen molar-refractivity contribution in [2.24, 2.45) is 0 Å². The molecule has 2 rings (SSSR count). The molecule has 1 unspecified atom stereocenters. The van der Waals surface area contributed by atoms with E-state index in [0.717, 1.165) is 12.1 Å². The number of amides is 1. The maximum atomic E-state index is 11.5. The van der Waals surface area contributed by atoms with E-state index in [2.05, 4.69) is 39.4 Å². The Morgan fingerprint density at radius 3 is 3.00 bits per heavy atom. The molecule has 0 aliphatic rings. The van der Waals surface area contributed by atoms with Crippen LogP contribution in [0, 0.1) is 0 Å². The molecular weight excluding hydrogens is 258 g/mol. The summed E-state index contributed by atoms with van der Waals surface area (Å²) >= 11 is 1.71. The number of rotatable bonds is 5. The van der Waals surface area contributed by atoms with E-state index in [1.807, 2.05) is 6.07 Å². The molecule has 5 heteroatoms. The summed E-state index contributed by atoms with van der Waals surface area (Å²) in [5.74, 6) is -0.172. The Morgan fingerprint density at radius 2 is 2.32 bits per heavy atom. The summed E-state index contributed by atoms with van der Waals surface area (Å²) in [6.45, 7) is 2.12. The molecule has 2 N–H and O–H groups in total. The summed E-state index contributed by atoms with van der Waals surface area (Å²) in [6, 6.07) is 6.07. The summed E-state index contributed by atoms with van der Waals surface area (Å²) < 4.78 is 0. The third kappa shape index (κ3) is 3.79. The summed E-state index contributed by atoms with van der Waals surface area (Å²) in [5, 5.41) is 10.2. The normalized spacial score (nSPS) is 11.9. The second-order valence-corrected chi connectivity index (χ2v) is 5.17. The molecule has 0 fully saturated rings. The van der Waals surface area contributed by atoms with E-state index in [0.29, 0.717) is 11.7 Å². The number of thiophene rings is 1. The molecule has 100 valence electrons. The van der Waals surface area contributed by atoms with Crippen LogP contribution in [-0.4, -0.2) is 24.0 Å². The van der Waals surface area contributed by atoms with Gasteiger partial charge in [-0.05, 0) is 47.9 Å². The number of nitrogens with zero attached hydrogens (tertiary/aromatic N) is 1. The molecule has 0 saturated heterocycles. The predicted octanol–water partition coefficient (Wildman–Crippen LogP) is 2.55. The van der Waals surface area contributed by atoms with Crippen LogP contribution >= 0.6 is 11.3 Å². The van der Waals surface area contributed by atoms with E-state index in [1.54, 1.807) is 30.6 Å². The van der Waals surface area contributed by atoms with Crippen LogP contribution in [0.4, 0.5) is 5.69 Å². The Morgan fingerprint density at radius 1 is 1.47 bits per heavy atom. The molecule has 0 radical (unpaired) electrons. The topological polar surface area (TPSA) is 54.0 Å². The van der Waals surface area contributed by atoms with Gasteiger partial charge in [0, 0.05) is 25.0 Å². The van der Waals surface area contributed by atoms with Crippen LogP contribution in [0.1, 0.15) is 23.0 Å². The van der Waals surface area contributed by atoms with Crippen molar-refractivity contribution in [3.8, 4) is 0 Å². The molecule has 0 aliphatic heterocycles. The first-order chi connectivity index (χ1) is 9.19. The van der Waals surface area contributed by atoms with Crippen LogP contribution in [0.15, 0.2) is 35.2 Å². The van der Waals surface area contributed by atoms with Gasteiger partial charge in [0.2, 0.25) is 0 Å². The highest BCUT2D eigenvalue weighted by atomic mass is 32.1. The highest BCUT2D eigenvalue weighted by Crippen LogP contribution is 2.13. The van der Waals surface area contributed by atoms with Crippen molar-refractivity contribution >= 4 is 22.9 Å². The van der Waals surface area contributed by atoms with Gasteiger partial charge in [0.1, 0.15) is 5.69 Å². The number of pyridine rings is 1. The highest BCUT2D eigenvalue weighted by Gasteiger charge is 2.08. The van der Waals surface area contributed by atoms with E-state index in [-0.39, 0.29) is 5.91 Å². The number of carbonyl (C=O) groups is 1. The van der Waals surface area contributed by atoms with Gasteiger partial charge < -0.3 is 10.6 Å². The Bertz CT molecular complexity index is 539. The van der Waals surface area contributed by atoms with Crippen LogP contribution < -0.4 is 10.6 Å². The van der Waals surface area contributed by atoms with Crippen molar-refractivity contribution < 1.29 is 4.79 Å². The second kappa shape index (κ2) is 6.33. The zero-order valence-corrected chi connectivity index (χ0v) is 11.8. The summed E-state index contributed by atoms with van der Waals surface area (Å²) in [7, 11) is 1.60. The molecule has 0 spiro atoms. The van der Waals surface area contributed by atoms with E-state index < -0.39 is 0 Å². The standard InChI is InChI=1S/C14H17N3OS/c1-10(7-11-4-6-19-9-11)17-12-3-5-16-13(8-12)14(18)15-2/h3-6,8-10H,7H2,1-2H3,(H,15,18)(H,16,17). The van der Waals surface area contributed by atoms with Crippen molar-refractivity contribution in [1.82, 2.24) is 10.3 Å². The Kier molecular flexibility index (Phi) is 4.52. The average Bonchev–Trinajstić information content (AvgIpc) is 2.90. The fourth-order valence-corrected chi connectivity index (χ4v) is 2.55. The lowest BCUT2D eigenvalue weighted by Gasteiger charge is -2.15. The largest absolute Gasteiger partial charge is 0.382 e. The van der Waals surface area contributed by atoms with Crippen LogP contribution in [0.5, 0.6) is 0 Å². The zero-order chi connectivity index (χ0) is 13.7. The van der Waals surface area contributed by atoms with E-state index in [9.17, 15) is 4.79 Å². The van der Waals surface area contributed by atoms with Gasteiger partial charge in [0.15, 0.2) is 0 Å². The van der Waals surface area contributed by atoms with Gasteiger partial charge in [-0.25, -0.2) is 0 Å². The Labute approximate surface area is 116 Å². The molecule has 0 saturated carbocycles. The fourth-order valence-electron chi connectivity index (χ4n) is 1.87. The molecule has 1 atom stereocenters. The lowest BCUT2D eigenvalue weighted by Crippen LogP contribution is -2.21. The third-order valence-corrected chi connectivity index (χ3v) is 3.49. The molecule has 4 nitrogen and oxygen atoms in total. The zero-order valence-electron chi connectivity index (χ0n) is 11.0. The molecule has 0 bridgehead atoms. The van der Waals surface area contributed by atoms with Gasteiger partial charge >= 0.3 is 0 Å². The van der Waals surface area contributed by atoms with E-state index >= 15 is 0 Å². The van der Waals surface area contributed by atoms with E-state index in [1.165, 1.54) is 5.56 Å². The first-order valence-electron chi connectivity index (χ1n) is 6.15. The summed E-state index contributed by atoms with van der Waals surface area (Å²) in [4.78, 5) is 15.6. The van der Waals surface area contributed by atoms with Gasteiger partial charge in [-0.15, -0.1) is 0 Å². The van der Waals surface area contributed by atoms with E-state index in [4.69, 9.17) is 0 Å². The first-order valence-corrected chi connectivity index (χ1v) is 7.09. The molecule has 0 aliphatic carbocycles. The third-order valence-electron chi connectivity index (χ3n) is 2.75. The van der Waals surface area contributed by atoms with Crippen molar-refractivity contribution in [3.05, 3.63) is 46.4 Å². The van der Waals surface area contributed by atoms with Crippen molar-refractivity contribution in [3.63, 3.8) is 0 Å². The molecule has 2 aromatic rings. The number of aromatic nitrogens is 1. The fraction of sp³-hybridized carbons (Fsp3) is 0.286. The van der Waals surface area contributed by atoms with Crippen molar-refractivity contribution in [1.29, 1.82) is 0 Å². The quantitative estimate of drug-likeness (QED) is 0.881. The number of carbonyl (C=O) groups excluding carboxylic acids is 1. The van der Waals surface area contributed by atoms with Gasteiger partial charge in [0.05, 0.1) is 0 Å². The smallest absolute Gasteiger partial charge is 0.269 e. The molecule has 2 aromatic heterocycles. The van der Waals surface area contributed by atoms with Gasteiger partial charge in [-0.3, -0.25) is 9.78 Å². The second-order valence-electron chi connectivity index (χ2n) is 4.39. The van der Waals surface area contributed by atoms with Gasteiger partial charge in [-0.2, -0.15) is 11.3 Å². The maximum Gasteiger partial charge on any atom is 0.269 e. The number of hydrogen-bond acceptors (Lipinski definition) is 4. The molecule has 2 heterocycles. The van der Waals surface area contributed by atoms with Gasteiger partial charge in [-0.1, -0.05) is 0 Å². The predicted molar refractivity (Wildman–Crippen MR) is 78.7 cm³/mol. The van der Waals surface area contributed by atoms with Crippen LogP contribution in [0.25, 0.3) is 0 Å². The van der Waals surface area contributed by atoms with Crippen LogP contribution in [0.3, 0.4) is 0 Å². The van der Waals surface area contributed by atoms with Crippen molar-refractivity contribution in [2.75, 3.05) is 12.4 Å². The molecule has 1 amide bonds. The summed E-state index contributed by atoms with van der Waals surface area (Å²) in [6.07, 6.45) is 2.60. The number of hydrogen-bond donors (Lipinski definition) is 2. The lowest BCUT2D eigenvalue weighted by molar-refractivity contribution is 0.0958. The Balaban J connectivity index is 2.00. The van der Waals surface area contributed by atoms with Crippen LogP contribution in [-0.2, 0) is 6.42 Å². The SMILES string of the molecule is CNC(=O)c1cc(NC(C)Cc2ccsc2)ccn1. The molecule has 19 heavy (non-hydrogen) atoms. The minimum Gasteiger partial charge on any atom is -0.382 e. The number of nitrogens with one attached hydrogen (secondary N) is 2. The number of anilines is 1. The minimum atomic E-state index is -0.172. The minimum absolute atomic E-state index is 0.172. The van der Waals surface area contributed by atoms with Crippen LogP contribution in [0.2, 0.25) is 0 Å². The lowest BCUT2D eigenvalue weighted by atomic mass is 10.1. The van der Waals surface area contributed by atoms with Gasteiger partial charge in [0.25, 0.3) is 5.91 Å². The average molecular weight is 275 g/mol. The molecular formula is C14H17N3OS. The first kappa shape index (κ1) is 13.5. The Hall–Kier alpha value is -1.88. The molecule has 0 aromatic carbocycles. The maximum absolute atomic E-state index is 11.5. The summed E-state index contributed by atoms with van der Waals surface area (Å²) in [5.41, 5.74) is 2.66.